The molecular weight excluding hydrogens is 451 g/mol. The summed E-state index contributed by atoms with van der Waals surface area (Å²) in [5.41, 5.74) is 3.20. The number of nitrogens with zero attached hydrogens (tertiary/aromatic N) is 1. The van der Waals surface area contributed by atoms with Crippen molar-refractivity contribution in [1.29, 1.82) is 0 Å². The first-order valence-electron chi connectivity index (χ1n) is 9.04. The summed E-state index contributed by atoms with van der Waals surface area (Å²) in [7, 11) is 3.44. The highest BCUT2D eigenvalue weighted by atomic mass is 127. The topological polar surface area (TPSA) is 65.5 Å². The Morgan fingerprint density at radius 1 is 1.15 bits per heavy atom. The second-order valence-corrected chi connectivity index (χ2v) is 6.53. The summed E-state index contributed by atoms with van der Waals surface area (Å²) in [6.07, 6.45) is 1.97. The molecule has 2 aromatic carbocycles. The Balaban J connectivity index is 0.00000261. The molecule has 3 N–H and O–H groups in total. The Hall–Kier alpha value is -2.09. The van der Waals surface area contributed by atoms with Crippen LogP contribution in [0.3, 0.4) is 0 Å². The lowest BCUT2D eigenvalue weighted by atomic mass is 10.1. The molecule has 1 fully saturated rings. The maximum Gasteiger partial charge on any atom is 0.251 e. The fourth-order valence-corrected chi connectivity index (χ4v) is 3.13. The van der Waals surface area contributed by atoms with Crippen molar-refractivity contribution in [3.8, 4) is 0 Å². The lowest BCUT2D eigenvalue weighted by molar-refractivity contribution is 0.0963. The monoisotopic (exact) mass is 478 g/mol. The average molecular weight is 478 g/mol. The highest BCUT2D eigenvalue weighted by Gasteiger charge is 2.38. The number of hydrogen-bond acceptors (Lipinski definition) is 2. The van der Waals surface area contributed by atoms with Crippen LogP contribution in [-0.2, 0) is 6.42 Å². The summed E-state index contributed by atoms with van der Waals surface area (Å²) >= 11 is 0. The molecule has 27 heavy (non-hydrogen) atoms. The quantitative estimate of drug-likeness (QED) is 0.340. The number of hydrogen-bond donors (Lipinski definition) is 3. The molecule has 1 aliphatic carbocycles. The second kappa shape index (κ2) is 10.3. The minimum Gasteiger partial charge on any atom is -0.356 e. The van der Waals surface area contributed by atoms with Gasteiger partial charge < -0.3 is 16.0 Å². The number of guanidine groups is 1. The molecule has 1 amide bonds. The predicted octanol–water partition coefficient (Wildman–Crippen LogP) is 2.93. The van der Waals surface area contributed by atoms with Crippen LogP contribution in [0, 0.1) is 0 Å². The average Bonchev–Trinajstić information content (AvgIpc) is 3.46. The number of aliphatic imine (C=N–C) groups is 1. The van der Waals surface area contributed by atoms with Crippen molar-refractivity contribution in [2.24, 2.45) is 4.99 Å². The summed E-state index contributed by atoms with van der Waals surface area (Å²) < 4.78 is 0. The van der Waals surface area contributed by atoms with Crippen molar-refractivity contribution in [2.45, 2.75) is 24.8 Å². The van der Waals surface area contributed by atoms with E-state index in [9.17, 15) is 4.79 Å². The first-order chi connectivity index (χ1) is 12.7. The molecule has 0 saturated heterocycles. The van der Waals surface area contributed by atoms with Gasteiger partial charge in [0.05, 0.1) is 0 Å². The SMILES string of the molecule is CN=C(NCCc1cccc(C(=O)NC)c1)NC1CC1c1ccccc1.I. The van der Waals surface area contributed by atoms with E-state index in [4.69, 9.17) is 0 Å². The van der Waals surface area contributed by atoms with Crippen molar-refractivity contribution < 1.29 is 4.79 Å². The van der Waals surface area contributed by atoms with Crippen LogP contribution in [0.5, 0.6) is 0 Å². The van der Waals surface area contributed by atoms with E-state index in [1.807, 2.05) is 30.3 Å². The maximum atomic E-state index is 11.7. The smallest absolute Gasteiger partial charge is 0.251 e. The van der Waals surface area contributed by atoms with E-state index in [1.165, 1.54) is 5.56 Å². The highest BCUT2D eigenvalue weighted by molar-refractivity contribution is 14.0. The molecule has 0 aliphatic heterocycles. The van der Waals surface area contributed by atoms with Crippen LogP contribution in [0.4, 0.5) is 0 Å². The van der Waals surface area contributed by atoms with Crippen LogP contribution in [-0.4, -0.2) is 38.5 Å². The fourth-order valence-electron chi connectivity index (χ4n) is 3.13. The summed E-state index contributed by atoms with van der Waals surface area (Å²) in [6, 6.07) is 18.8. The van der Waals surface area contributed by atoms with E-state index >= 15 is 0 Å². The molecule has 5 nitrogen and oxygen atoms in total. The molecule has 144 valence electrons. The Morgan fingerprint density at radius 3 is 2.63 bits per heavy atom. The zero-order valence-electron chi connectivity index (χ0n) is 15.7. The van der Waals surface area contributed by atoms with Gasteiger partial charge in [-0.3, -0.25) is 9.79 Å². The third-order valence-electron chi connectivity index (χ3n) is 4.69. The normalized spacial score (nSPS) is 18.2. The van der Waals surface area contributed by atoms with E-state index < -0.39 is 0 Å². The van der Waals surface area contributed by atoms with Crippen molar-refractivity contribution in [3.63, 3.8) is 0 Å². The molecule has 1 aliphatic rings. The Bertz CT molecular complexity index is 779. The van der Waals surface area contributed by atoms with Gasteiger partial charge in [-0.1, -0.05) is 42.5 Å². The van der Waals surface area contributed by atoms with Gasteiger partial charge in [0.1, 0.15) is 0 Å². The van der Waals surface area contributed by atoms with Crippen LogP contribution >= 0.6 is 24.0 Å². The minimum atomic E-state index is -0.0574. The van der Waals surface area contributed by atoms with Gasteiger partial charge in [0.2, 0.25) is 0 Å². The largest absolute Gasteiger partial charge is 0.356 e. The molecular formula is C21H27IN4O. The van der Waals surface area contributed by atoms with Crippen LogP contribution < -0.4 is 16.0 Å². The van der Waals surface area contributed by atoms with Crippen LogP contribution in [0.25, 0.3) is 0 Å². The van der Waals surface area contributed by atoms with Crippen molar-refractivity contribution >= 4 is 35.8 Å². The van der Waals surface area contributed by atoms with Crippen molar-refractivity contribution in [2.75, 3.05) is 20.6 Å². The predicted molar refractivity (Wildman–Crippen MR) is 121 cm³/mol. The molecule has 0 radical (unpaired) electrons. The van der Waals surface area contributed by atoms with Gasteiger partial charge >= 0.3 is 0 Å². The lowest BCUT2D eigenvalue weighted by Crippen LogP contribution is -2.39. The number of benzene rings is 2. The number of carbonyl (C=O) groups is 1. The van der Waals surface area contributed by atoms with Crippen LogP contribution in [0.1, 0.15) is 33.8 Å². The van der Waals surface area contributed by atoms with Crippen molar-refractivity contribution in [1.82, 2.24) is 16.0 Å². The third-order valence-corrected chi connectivity index (χ3v) is 4.69. The maximum absolute atomic E-state index is 11.7. The van der Waals surface area contributed by atoms with Gasteiger partial charge in [-0.25, -0.2) is 0 Å². The van der Waals surface area contributed by atoms with Gasteiger partial charge in [-0.2, -0.15) is 0 Å². The number of rotatable bonds is 6. The van der Waals surface area contributed by atoms with Gasteiger partial charge in [-0.15, -0.1) is 24.0 Å². The van der Waals surface area contributed by atoms with Crippen LogP contribution in [0.15, 0.2) is 59.6 Å². The number of halogens is 1. The Morgan fingerprint density at radius 2 is 1.93 bits per heavy atom. The van der Waals surface area contributed by atoms with E-state index in [1.54, 1.807) is 14.1 Å². The van der Waals surface area contributed by atoms with Gasteiger partial charge in [0.15, 0.2) is 5.96 Å². The zero-order valence-corrected chi connectivity index (χ0v) is 18.1. The summed E-state index contributed by atoms with van der Waals surface area (Å²) in [5.74, 6) is 1.34. The van der Waals surface area contributed by atoms with E-state index in [2.05, 4.69) is 45.2 Å². The minimum absolute atomic E-state index is 0. The summed E-state index contributed by atoms with van der Waals surface area (Å²) in [4.78, 5) is 16.0. The second-order valence-electron chi connectivity index (χ2n) is 6.53. The molecule has 3 rings (SSSR count). The third kappa shape index (κ3) is 5.95. The first kappa shape index (κ1) is 21.2. The van der Waals surface area contributed by atoms with Gasteiger partial charge in [0, 0.05) is 38.2 Å². The summed E-state index contributed by atoms with van der Waals surface area (Å²) in [6.45, 7) is 0.763. The molecule has 0 bridgehead atoms. The van der Waals surface area contributed by atoms with Gasteiger partial charge in [-0.05, 0) is 36.1 Å². The Kier molecular flexibility index (Phi) is 8.09. The molecule has 1 saturated carbocycles. The Labute approximate surface area is 178 Å². The number of carbonyl (C=O) groups excluding carboxylic acids is 1. The molecule has 2 aromatic rings. The number of nitrogens with one attached hydrogen (secondary N) is 3. The summed E-state index contributed by atoms with van der Waals surface area (Å²) in [5, 5.41) is 9.51. The van der Waals surface area contributed by atoms with Gasteiger partial charge in [0.25, 0.3) is 5.91 Å². The van der Waals surface area contributed by atoms with E-state index in [0.29, 0.717) is 17.5 Å². The molecule has 2 unspecified atom stereocenters. The van der Waals surface area contributed by atoms with Crippen molar-refractivity contribution in [3.05, 3.63) is 71.3 Å². The molecule has 6 heteroatoms. The van der Waals surface area contributed by atoms with E-state index in [0.717, 1.165) is 30.9 Å². The van der Waals surface area contributed by atoms with Crippen LogP contribution in [0.2, 0.25) is 0 Å². The molecule has 0 aromatic heterocycles. The zero-order chi connectivity index (χ0) is 18.4. The fraction of sp³-hybridized carbons (Fsp3) is 0.333. The lowest BCUT2D eigenvalue weighted by Gasteiger charge is -2.12. The van der Waals surface area contributed by atoms with E-state index in [-0.39, 0.29) is 29.9 Å². The highest BCUT2D eigenvalue weighted by Crippen LogP contribution is 2.40. The molecule has 2 atom stereocenters. The standard InChI is InChI=1S/C21H26N4O.HI/c1-22-20(26)17-10-6-7-15(13-17)11-12-24-21(23-2)25-19-14-18(19)16-8-4-3-5-9-16;/h3-10,13,18-19H,11-12,14H2,1-2H3,(H,22,26)(H2,23,24,25);1H. The number of amides is 1. The molecule has 0 spiro atoms. The first-order valence-corrected chi connectivity index (χ1v) is 9.04. The molecule has 0 heterocycles.